The molecule has 0 radical (unpaired) electrons. The van der Waals surface area contributed by atoms with E-state index in [2.05, 4.69) is 25.7 Å². The molecule has 1 unspecified atom stereocenters. The summed E-state index contributed by atoms with van der Waals surface area (Å²) in [4.78, 5) is 12.8. The number of hydrogen-bond donors (Lipinski definition) is 2. The van der Waals surface area contributed by atoms with E-state index in [-0.39, 0.29) is 22.6 Å². The lowest BCUT2D eigenvalue weighted by Gasteiger charge is -2.29. The van der Waals surface area contributed by atoms with Crippen molar-refractivity contribution in [2.24, 2.45) is 10.2 Å². The van der Waals surface area contributed by atoms with Crippen molar-refractivity contribution in [1.82, 2.24) is 15.5 Å². The molecule has 0 aliphatic carbocycles. The topological polar surface area (TPSA) is 82.5 Å². The van der Waals surface area contributed by atoms with Gasteiger partial charge >= 0.3 is 6.18 Å². The zero-order chi connectivity index (χ0) is 25.2. The molecule has 2 aromatic carbocycles. The van der Waals surface area contributed by atoms with Crippen LogP contribution in [0.3, 0.4) is 0 Å². The van der Waals surface area contributed by atoms with Gasteiger partial charge in [0.1, 0.15) is 5.82 Å². The number of benzene rings is 2. The van der Waals surface area contributed by atoms with Gasteiger partial charge in [0.15, 0.2) is 0 Å². The number of aromatic nitrogens is 2. The summed E-state index contributed by atoms with van der Waals surface area (Å²) in [5, 5.41) is 15.9. The Kier molecular flexibility index (Phi) is 6.75. The quantitative estimate of drug-likeness (QED) is 0.409. The Labute approximate surface area is 203 Å². The smallest absolute Gasteiger partial charge is 0.349 e. The monoisotopic (exact) mass is 505 g/mol. The molecule has 11 heteroatoms. The highest BCUT2D eigenvalue weighted by atomic mass is 35.5. The third-order valence-electron chi connectivity index (χ3n) is 5.81. The third-order valence-corrected chi connectivity index (χ3v) is 6.05. The maximum atomic E-state index is 14.2. The van der Waals surface area contributed by atoms with E-state index in [9.17, 15) is 22.4 Å². The van der Waals surface area contributed by atoms with Gasteiger partial charge in [-0.05, 0) is 42.2 Å². The average Bonchev–Trinajstić information content (AvgIpc) is 3.41. The van der Waals surface area contributed by atoms with Crippen molar-refractivity contribution in [3.63, 3.8) is 0 Å². The minimum atomic E-state index is -5.06. The molecule has 1 atom stereocenters. The molecule has 0 bridgehead atoms. The van der Waals surface area contributed by atoms with Crippen LogP contribution in [0.25, 0.3) is 0 Å². The van der Waals surface area contributed by atoms with Gasteiger partial charge in [0.05, 0.1) is 12.4 Å². The lowest BCUT2D eigenvalue weighted by molar-refractivity contribution is -0.182. The van der Waals surface area contributed by atoms with E-state index in [1.807, 2.05) is 6.92 Å². The Balaban J connectivity index is 1.51. The Bertz CT molecular complexity index is 1300. The second-order valence-corrected chi connectivity index (χ2v) is 8.63. The maximum absolute atomic E-state index is 14.2. The first-order chi connectivity index (χ1) is 16.6. The number of carbonyl (C=O) groups excluding carboxylic acids is 1. The highest BCUT2D eigenvalue weighted by Gasteiger charge is 2.65. The number of rotatable bonds is 7. The van der Waals surface area contributed by atoms with Crippen LogP contribution in [0.5, 0.6) is 0 Å². The predicted octanol–water partition coefficient (Wildman–Crippen LogP) is 5.61. The normalized spacial score (nSPS) is 17.5. The van der Waals surface area contributed by atoms with Crippen LogP contribution < -0.4 is 5.32 Å². The van der Waals surface area contributed by atoms with Crippen LogP contribution in [-0.4, -0.2) is 27.8 Å². The van der Waals surface area contributed by atoms with Gasteiger partial charge in [0.25, 0.3) is 11.4 Å². The van der Waals surface area contributed by atoms with Crippen molar-refractivity contribution in [3.05, 3.63) is 99.2 Å². The molecule has 0 spiro atoms. The van der Waals surface area contributed by atoms with E-state index in [4.69, 9.17) is 11.6 Å². The second-order valence-electron chi connectivity index (χ2n) is 8.20. The Morgan fingerprint density at radius 1 is 1.11 bits per heavy atom. The van der Waals surface area contributed by atoms with Crippen LogP contribution in [0.15, 0.2) is 70.7 Å². The first-order valence-corrected chi connectivity index (χ1v) is 10.9. The minimum Gasteiger partial charge on any atom is -0.349 e. The number of aryl methyl sites for hydroxylation is 1. The van der Waals surface area contributed by atoms with Crippen LogP contribution in [0.2, 0.25) is 5.02 Å². The molecule has 35 heavy (non-hydrogen) atoms. The average molecular weight is 506 g/mol. The second kappa shape index (κ2) is 9.61. The molecule has 0 saturated heterocycles. The van der Waals surface area contributed by atoms with E-state index < -0.39 is 30.0 Å². The molecule has 4 rings (SSSR count). The first-order valence-electron chi connectivity index (χ1n) is 10.6. The summed E-state index contributed by atoms with van der Waals surface area (Å²) in [6.45, 7) is 1.46. The highest BCUT2D eigenvalue weighted by molar-refractivity contribution is 6.30. The van der Waals surface area contributed by atoms with Gasteiger partial charge in [-0.2, -0.15) is 28.5 Å². The number of nitrogens with zero attached hydrogens (tertiary/aromatic N) is 3. The summed E-state index contributed by atoms with van der Waals surface area (Å²) in [5.41, 5.74) is -0.0762. The van der Waals surface area contributed by atoms with E-state index >= 15 is 0 Å². The summed E-state index contributed by atoms with van der Waals surface area (Å²) in [5.74, 6) is -2.17. The van der Waals surface area contributed by atoms with Gasteiger partial charge in [-0.15, -0.1) is 0 Å². The lowest BCUT2D eigenvalue weighted by atomic mass is 9.85. The number of carbonyl (C=O) groups is 1. The van der Waals surface area contributed by atoms with Crippen molar-refractivity contribution < 1.29 is 22.4 Å². The van der Waals surface area contributed by atoms with Crippen LogP contribution in [0, 0.1) is 12.7 Å². The van der Waals surface area contributed by atoms with E-state index in [0.717, 1.165) is 29.1 Å². The molecule has 1 aliphatic rings. The van der Waals surface area contributed by atoms with Gasteiger partial charge in [0.2, 0.25) is 0 Å². The summed E-state index contributed by atoms with van der Waals surface area (Å²) in [6, 6.07) is 10.7. The summed E-state index contributed by atoms with van der Waals surface area (Å²) in [6.07, 6.45) is -1.99. The largest absolute Gasteiger partial charge is 0.428 e. The van der Waals surface area contributed by atoms with E-state index in [0.29, 0.717) is 12.0 Å². The van der Waals surface area contributed by atoms with Crippen molar-refractivity contribution in [2.75, 3.05) is 0 Å². The molecule has 2 N–H and O–H groups in total. The number of alkyl halides is 3. The number of amides is 1. The Hall–Kier alpha value is -3.53. The molecule has 6 nitrogen and oxygen atoms in total. The van der Waals surface area contributed by atoms with Crippen molar-refractivity contribution in [1.29, 1.82) is 0 Å². The van der Waals surface area contributed by atoms with Gasteiger partial charge in [0, 0.05) is 34.8 Å². The molecule has 0 saturated carbocycles. The number of halogens is 5. The lowest BCUT2D eigenvalue weighted by Crippen LogP contribution is -2.56. The summed E-state index contributed by atoms with van der Waals surface area (Å²) < 4.78 is 56.7. The first kappa shape index (κ1) is 24.6. The molecule has 0 fully saturated rings. The molecule has 1 aromatic heterocycles. The van der Waals surface area contributed by atoms with Gasteiger partial charge in [-0.3, -0.25) is 9.89 Å². The van der Waals surface area contributed by atoms with Crippen LogP contribution in [0.1, 0.15) is 27.9 Å². The van der Waals surface area contributed by atoms with Crippen molar-refractivity contribution in [3.8, 4) is 0 Å². The number of aromatic amines is 1. The van der Waals surface area contributed by atoms with Gasteiger partial charge < -0.3 is 5.32 Å². The van der Waals surface area contributed by atoms with Crippen molar-refractivity contribution in [2.45, 2.75) is 38.0 Å². The number of nitrogens with one attached hydrogen (secondary N) is 2. The fraction of sp³-hybridized carbons (Fsp3) is 0.250. The van der Waals surface area contributed by atoms with Crippen LogP contribution in [-0.2, 0) is 24.2 Å². The van der Waals surface area contributed by atoms with E-state index in [1.54, 1.807) is 30.5 Å². The zero-order valence-electron chi connectivity index (χ0n) is 18.5. The molecule has 1 amide bonds. The fourth-order valence-electron chi connectivity index (χ4n) is 3.79. The van der Waals surface area contributed by atoms with Crippen molar-refractivity contribution >= 4 is 17.5 Å². The molecule has 2 heterocycles. The summed E-state index contributed by atoms with van der Waals surface area (Å²) in [7, 11) is 0. The molecule has 3 aromatic rings. The SMILES string of the molecule is Cc1cn[nH]c1Cc1ccc(CC2=CN=NC2(C(=O)NCc2ccc(Cl)cc2F)C(F)(F)F)cc1. The standard InChI is InChI=1S/C24H20ClF4N5O/c1-14-11-31-33-21(14)9-16-4-2-15(3-5-16)8-18-13-32-34-23(18,24(27,28)29)22(35)30-12-17-6-7-19(25)10-20(17)26/h2-7,10-11,13H,8-9,12H2,1H3,(H,30,35)(H,31,33). The Morgan fingerprint density at radius 2 is 1.80 bits per heavy atom. The van der Waals surface area contributed by atoms with Crippen LogP contribution in [0.4, 0.5) is 17.6 Å². The van der Waals surface area contributed by atoms with Gasteiger partial charge in [-0.1, -0.05) is 41.9 Å². The zero-order valence-corrected chi connectivity index (χ0v) is 19.2. The van der Waals surface area contributed by atoms with E-state index in [1.165, 1.54) is 12.1 Å². The number of hydrogen-bond acceptors (Lipinski definition) is 4. The maximum Gasteiger partial charge on any atom is 0.428 e. The fourth-order valence-corrected chi connectivity index (χ4v) is 3.95. The molecular formula is C24H20ClF4N5O. The van der Waals surface area contributed by atoms with Gasteiger partial charge in [-0.25, -0.2) is 4.39 Å². The third kappa shape index (κ3) is 4.97. The minimum absolute atomic E-state index is 0.0105. The summed E-state index contributed by atoms with van der Waals surface area (Å²) >= 11 is 5.70. The highest BCUT2D eigenvalue weighted by Crippen LogP contribution is 2.44. The molecule has 1 aliphatic heterocycles. The van der Waals surface area contributed by atoms with Crippen LogP contribution >= 0.6 is 11.6 Å². The number of H-pyrrole nitrogens is 1. The Morgan fingerprint density at radius 3 is 2.40 bits per heavy atom. The predicted molar refractivity (Wildman–Crippen MR) is 121 cm³/mol. The molecular weight excluding hydrogens is 486 g/mol. The molecule has 182 valence electrons. The number of azo groups is 1.